The molecule has 4 heteroatoms. The van der Waals surface area contributed by atoms with Crippen LogP contribution in [0.3, 0.4) is 0 Å². The lowest BCUT2D eigenvalue weighted by atomic mass is 9.91. The number of hydrogen-bond donors (Lipinski definition) is 1. The summed E-state index contributed by atoms with van der Waals surface area (Å²) in [6.45, 7) is 4.96. The maximum atomic E-state index is 5.56. The smallest absolute Gasteiger partial charge is 0.133 e. The van der Waals surface area contributed by atoms with Gasteiger partial charge in [0.15, 0.2) is 0 Å². The zero-order chi connectivity index (χ0) is 13.8. The van der Waals surface area contributed by atoms with E-state index in [1.54, 1.807) is 0 Å². The van der Waals surface area contributed by atoms with Gasteiger partial charge >= 0.3 is 0 Å². The Labute approximate surface area is 121 Å². The quantitative estimate of drug-likeness (QED) is 0.918. The van der Waals surface area contributed by atoms with Crippen LogP contribution in [0.25, 0.3) is 0 Å². The van der Waals surface area contributed by atoms with Crippen molar-refractivity contribution in [1.29, 1.82) is 0 Å². The molecule has 2 unspecified atom stereocenters. The number of nitrogens with one attached hydrogen (secondary N) is 1. The first kappa shape index (κ1) is 14.0. The summed E-state index contributed by atoms with van der Waals surface area (Å²) in [5.74, 6) is 1.40. The van der Waals surface area contributed by atoms with Gasteiger partial charge in [0.25, 0.3) is 0 Å². The second-order valence-corrected chi connectivity index (χ2v) is 5.94. The Kier molecular flexibility index (Phi) is 4.63. The number of rotatable bonds is 4. The van der Waals surface area contributed by atoms with E-state index < -0.39 is 0 Å². The molecule has 0 radical (unpaired) electrons. The molecule has 2 atom stereocenters. The molecule has 1 saturated heterocycles. The third-order valence-corrected chi connectivity index (χ3v) is 4.37. The zero-order valence-electron chi connectivity index (χ0n) is 12.4. The molecule has 4 nitrogen and oxygen atoms in total. The Bertz CT molecular complexity index is 443. The van der Waals surface area contributed by atoms with Crippen LogP contribution in [0.2, 0.25) is 0 Å². The van der Waals surface area contributed by atoms with Crippen LogP contribution in [0.15, 0.2) is 6.20 Å². The minimum Gasteiger partial charge on any atom is -0.381 e. The molecular weight excluding hydrogens is 250 g/mol. The molecule has 1 aromatic heterocycles. The van der Waals surface area contributed by atoms with E-state index in [4.69, 9.17) is 9.72 Å². The second kappa shape index (κ2) is 6.64. The summed E-state index contributed by atoms with van der Waals surface area (Å²) in [4.78, 5) is 9.51. The molecule has 3 rings (SSSR count). The van der Waals surface area contributed by atoms with Gasteiger partial charge in [-0.3, -0.25) is 0 Å². The van der Waals surface area contributed by atoms with E-state index in [0.717, 1.165) is 44.8 Å². The number of ether oxygens (including phenoxy) is 1. The molecule has 0 aromatic carbocycles. The number of nitrogens with zero attached hydrogens (tertiary/aromatic N) is 2. The fourth-order valence-corrected chi connectivity index (χ4v) is 3.23. The Morgan fingerprint density at radius 1 is 1.35 bits per heavy atom. The van der Waals surface area contributed by atoms with Crippen LogP contribution in [0.5, 0.6) is 0 Å². The van der Waals surface area contributed by atoms with Crippen molar-refractivity contribution in [2.45, 2.75) is 57.4 Å². The van der Waals surface area contributed by atoms with Gasteiger partial charge in [-0.2, -0.15) is 0 Å². The topological polar surface area (TPSA) is 47.0 Å². The summed E-state index contributed by atoms with van der Waals surface area (Å²) in [6.07, 6.45) is 9.07. The van der Waals surface area contributed by atoms with Crippen molar-refractivity contribution in [3.63, 3.8) is 0 Å². The highest BCUT2D eigenvalue weighted by Crippen LogP contribution is 2.30. The SMILES string of the molecule is CCCNC1CCCc2nc(C3CCCOC3)ncc21. The van der Waals surface area contributed by atoms with Gasteiger partial charge in [-0.25, -0.2) is 9.97 Å². The highest BCUT2D eigenvalue weighted by atomic mass is 16.5. The molecule has 20 heavy (non-hydrogen) atoms. The van der Waals surface area contributed by atoms with E-state index in [-0.39, 0.29) is 0 Å². The Balaban J connectivity index is 1.77. The van der Waals surface area contributed by atoms with Crippen LogP contribution >= 0.6 is 0 Å². The minimum atomic E-state index is 0.401. The molecule has 0 amide bonds. The standard InChI is InChI=1S/C16H25N3O/c1-2-8-17-14-6-3-7-15-13(14)10-18-16(19-15)12-5-4-9-20-11-12/h10,12,14,17H,2-9,11H2,1H3. The Morgan fingerprint density at radius 2 is 2.30 bits per heavy atom. The van der Waals surface area contributed by atoms with E-state index in [1.165, 1.54) is 30.5 Å². The van der Waals surface area contributed by atoms with Gasteiger partial charge in [-0.1, -0.05) is 6.92 Å². The summed E-state index contributed by atoms with van der Waals surface area (Å²) in [6, 6.07) is 0.454. The van der Waals surface area contributed by atoms with Crippen molar-refractivity contribution in [3.05, 3.63) is 23.3 Å². The molecule has 1 fully saturated rings. The van der Waals surface area contributed by atoms with Gasteiger partial charge in [-0.15, -0.1) is 0 Å². The Morgan fingerprint density at radius 3 is 3.10 bits per heavy atom. The van der Waals surface area contributed by atoms with Gasteiger partial charge < -0.3 is 10.1 Å². The van der Waals surface area contributed by atoms with Gasteiger partial charge in [0, 0.05) is 36.0 Å². The third kappa shape index (κ3) is 3.01. The van der Waals surface area contributed by atoms with E-state index in [0.29, 0.717) is 12.0 Å². The summed E-state index contributed by atoms with van der Waals surface area (Å²) in [5.41, 5.74) is 2.59. The van der Waals surface area contributed by atoms with Crippen molar-refractivity contribution in [3.8, 4) is 0 Å². The molecule has 2 heterocycles. The normalized spacial score (nSPS) is 26.2. The van der Waals surface area contributed by atoms with Crippen LogP contribution in [0.4, 0.5) is 0 Å². The number of hydrogen-bond acceptors (Lipinski definition) is 4. The first-order chi connectivity index (χ1) is 9.88. The predicted octanol–water partition coefficient (Wildman–Crippen LogP) is 2.75. The lowest BCUT2D eigenvalue weighted by Gasteiger charge is -2.27. The van der Waals surface area contributed by atoms with Crippen molar-refractivity contribution in [1.82, 2.24) is 15.3 Å². The summed E-state index contributed by atoms with van der Waals surface area (Å²) in [7, 11) is 0. The largest absolute Gasteiger partial charge is 0.381 e. The van der Waals surface area contributed by atoms with E-state index in [9.17, 15) is 0 Å². The van der Waals surface area contributed by atoms with Gasteiger partial charge in [0.05, 0.1) is 6.61 Å². The average Bonchev–Trinajstić information content (AvgIpc) is 2.53. The fourth-order valence-electron chi connectivity index (χ4n) is 3.23. The fraction of sp³-hybridized carbons (Fsp3) is 0.750. The van der Waals surface area contributed by atoms with E-state index in [2.05, 4.69) is 23.4 Å². The molecule has 1 aromatic rings. The minimum absolute atomic E-state index is 0.401. The van der Waals surface area contributed by atoms with Gasteiger partial charge in [-0.05, 0) is 45.1 Å². The van der Waals surface area contributed by atoms with E-state index >= 15 is 0 Å². The van der Waals surface area contributed by atoms with Crippen LogP contribution < -0.4 is 5.32 Å². The number of aromatic nitrogens is 2. The third-order valence-electron chi connectivity index (χ3n) is 4.37. The molecule has 0 saturated carbocycles. The summed E-state index contributed by atoms with van der Waals surface area (Å²) < 4.78 is 5.56. The summed E-state index contributed by atoms with van der Waals surface area (Å²) in [5, 5.41) is 3.62. The molecular formula is C16H25N3O. The van der Waals surface area contributed by atoms with Gasteiger partial charge in [0.2, 0.25) is 0 Å². The van der Waals surface area contributed by atoms with Crippen LogP contribution in [0, 0.1) is 0 Å². The molecule has 1 aliphatic heterocycles. The first-order valence-corrected chi connectivity index (χ1v) is 8.05. The molecule has 1 N–H and O–H groups in total. The van der Waals surface area contributed by atoms with Crippen molar-refractivity contribution in [2.24, 2.45) is 0 Å². The van der Waals surface area contributed by atoms with Crippen molar-refractivity contribution in [2.75, 3.05) is 19.8 Å². The second-order valence-electron chi connectivity index (χ2n) is 5.94. The Hall–Kier alpha value is -1.00. The predicted molar refractivity (Wildman–Crippen MR) is 78.8 cm³/mol. The molecule has 1 aliphatic carbocycles. The van der Waals surface area contributed by atoms with Crippen LogP contribution in [-0.2, 0) is 11.2 Å². The highest BCUT2D eigenvalue weighted by molar-refractivity contribution is 5.25. The number of fused-ring (bicyclic) bond motifs is 1. The van der Waals surface area contributed by atoms with Gasteiger partial charge in [0.1, 0.15) is 5.82 Å². The van der Waals surface area contributed by atoms with Crippen molar-refractivity contribution >= 4 is 0 Å². The zero-order valence-corrected chi connectivity index (χ0v) is 12.4. The number of aryl methyl sites for hydroxylation is 1. The lowest BCUT2D eigenvalue weighted by molar-refractivity contribution is 0.0779. The van der Waals surface area contributed by atoms with Crippen molar-refractivity contribution < 1.29 is 4.74 Å². The average molecular weight is 275 g/mol. The highest BCUT2D eigenvalue weighted by Gasteiger charge is 2.24. The molecule has 0 spiro atoms. The monoisotopic (exact) mass is 275 g/mol. The molecule has 110 valence electrons. The van der Waals surface area contributed by atoms with Crippen LogP contribution in [0.1, 0.15) is 68.1 Å². The summed E-state index contributed by atoms with van der Waals surface area (Å²) >= 11 is 0. The lowest BCUT2D eigenvalue weighted by Crippen LogP contribution is -2.27. The first-order valence-electron chi connectivity index (χ1n) is 8.05. The maximum Gasteiger partial charge on any atom is 0.133 e. The van der Waals surface area contributed by atoms with Crippen LogP contribution in [-0.4, -0.2) is 29.7 Å². The molecule has 0 bridgehead atoms. The molecule has 2 aliphatic rings. The van der Waals surface area contributed by atoms with E-state index in [1.807, 2.05) is 0 Å². The maximum absolute atomic E-state index is 5.56.